The fourth-order valence-electron chi connectivity index (χ4n) is 3.45. The van der Waals surface area contributed by atoms with Crippen LogP contribution in [0.1, 0.15) is 54.6 Å². The molecule has 1 N–H and O–H groups in total. The molecule has 2 fully saturated rings. The summed E-state index contributed by atoms with van der Waals surface area (Å²) in [6, 6.07) is 6.06. The Morgan fingerprint density at radius 3 is 2.42 bits per heavy atom. The number of esters is 1. The molecule has 0 aliphatic heterocycles. The van der Waals surface area contributed by atoms with Gasteiger partial charge >= 0.3 is 5.97 Å². The summed E-state index contributed by atoms with van der Waals surface area (Å²) in [6.45, 7) is 0. The van der Waals surface area contributed by atoms with Crippen LogP contribution in [-0.4, -0.2) is 49.5 Å². The first kappa shape index (κ1) is 23.8. The van der Waals surface area contributed by atoms with Crippen LogP contribution in [0.5, 0.6) is 0 Å². The number of benzene rings is 1. The van der Waals surface area contributed by atoms with E-state index >= 15 is 0 Å². The molecule has 0 saturated heterocycles. The molecule has 1 amide bonds. The molecule has 2 aliphatic rings. The van der Waals surface area contributed by atoms with Gasteiger partial charge in [0.05, 0.1) is 17.3 Å². The molecule has 33 heavy (non-hydrogen) atoms. The largest absolute Gasteiger partial charge is 0.464 e. The third-order valence-electron chi connectivity index (χ3n) is 5.41. The highest BCUT2D eigenvalue weighted by Gasteiger charge is 2.36. The summed E-state index contributed by atoms with van der Waals surface area (Å²) in [5.74, 6) is -1.23. The summed E-state index contributed by atoms with van der Waals surface area (Å²) < 4.78 is 30.1. The number of amides is 1. The number of carbonyl (C=O) groups excluding carboxylic acids is 2. The molecule has 1 heterocycles. The number of halogens is 1. The number of carbonyl (C=O) groups is 2. The molecule has 2 aromatic rings. The third-order valence-corrected chi connectivity index (χ3v) is 9.31. The molecule has 2 saturated carbocycles. The van der Waals surface area contributed by atoms with Crippen LogP contribution < -0.4 is 5.32 Å². The van der Waals surface area contributed by atoms with Crippen LogP contribution in [0.4, 0.5) is 5.13 Å². The lowest BCUT2D eigenvalue weighted by Gasteiger charge is -2.11. The number of hydrogen-bond donors (Lipinski definition) is 1. The maximum absolute atomic E-state index is 13.1. The van der Waals surface area contributed by atoms with Gasteiger partial charge in [0.1, 0.15) is 9.89 Å². The first-order valence-corrected chi connectivity index (χ1v) is 13.6. The lowest BCUT2D eigenvalue weighted by Crippen LogP contribution is -2.25. The van der Waals surface area contributed by atoms with Crippen molar-refractivity contribution < 1.29 is 27.6 Å². The van der Waals surface area contributed by atoms with Gasteiger partial charge in [-0.25, -0.2) is 18.2 Å². The Morgan fingerprint density at radius 1 is 1.15 bits per heavy atom. The van der Waals surface area contributed by atoms with Crippen molar-refractivity contribution >= 4 is 59.8 Å². The van der Waals surface area contributed by atoms with E-state index in [2.05, 4.69) is 36.1 Å². The lowest BCUT2D eigenvalue weighted by molar-refractivity contribution is -0.110. The molecule has 0 unspecified atom stereocenters. The zero-order chi connectivity index (χ0) is 23.6. The van der Waals surface area contributed by atoms with E-state index in [4.69, 9.17) is 4.84 Å². The molecular weight excluding hydrogens is 534 g/mol. The molecule has 176 valence electrons. The van der Waals surface area contributed by atoms with Gasteiger partial charge in [-0.2, -0.15) is 0 Å². The van der Waals surface area contributed by atoms with Crippen LogP contribution in [0.2, 0.25) is 0 Å². The molecule has 2 aliphatic carbocycles. The maximum atomic E-state index is 13.1. The second kappa shape index (κ2) is 9.90. The summed E-state index contributed by atoms with van der Waals surface area (Å²) in [7, 11) is -2.10. The van der Waals surface area contributed by atoms with E-state index in [9.17, 15) is 18.0 Å². The van der Waals surface area contributed by atoms with Crippen molar-refractivity contribution in [3.8, 4) is 0 Å². The summed E-state index contributed by atoms with van der Waals surface area (Å²) in [6.07, 6.45) is 5.08. The molecule has 1 aromatic carbocycles. The topological polar surface area (TPSA) is 124 Å². The zero-order valence-electron chi connectivity index (χ0n) is 17.7. The Labute approximate surface area is 203 Å². The molecule has 0 spiro atoms. The molecule has 0 bridgehead atoms. The number of aromatic nitrogens is 1. The maximum Gasteiger partial charge on any atom is 0.358 e. The number of oxime groups is 1. The Balaban J connectivity index is 1.58. The molecule has 12 heteroatoms. The molecule has 0 atom stereocenters. The number of sulfone groups is 1. The number of rotatable bonds is 8. The fourth-order valence-corrected chi connectivity index (χ4v) is 6.50. The number of ether oxygens (including phenoxy) is 1. The SMILES string of the molecule is COC(=O)c1nc(NC(=O)/C(=N/OC2CCCC2)c2ccc(S(=O)(=O)C3CC3)cc2)sc1Br. The number of methoxy groups -OCH3 is 1. The predicted molar refractivity (Wildman–Crippen MR) is 126 cm³/mol. The van der Waals surface area contributed by atoms with Gasteiger partial charge in [-0.15, -0.1) is 0 Å². The summed E-state index contributed by atoms with van der Waals surface area (Å²) in [5.41, 5.74) is 0.445. The number of thiazole rings is 1. The third kappa shape index (κ3) is 5.44. The Hall–Kier alpha value is -2.31. The van der Waals surface area contributed by atoms with Crippen molar-refractivity contribution in [3.63, 3.8) is 0 Å². The van der Waals surface area contributed by atoms with Gasteiger partial charge in [0.2, 0.25) is 0 Å². The van der Waals surface area contributed by atoms with Crippen molar-refractivity contribution in [2.75, 3.05) is 12.4 Å². The predicted octanol–water partition coefficient (Wildman–Crippen LogP) is 3.93. The van der Waals surface area contributed by atoms with Gasteiger partial charge in [-0.1, -0.05) is 28.6 Å². The van der Waals surface area contributed by atoms with Crippen molar-refractivity contribution in [2.45, 2.75) is 54.8 Å². The minimum absolute atomic E-state index is 0.0109. The average Bonchev–Trinajstić information content (AvgIpc) is 3.43. The average molecular weight is 556 g/mol. The van der Waals surface area contributed by atoms with Gasteiger partial charge in [-0.05, 0) is 66.6 Å². The monoisotopic (exact) mass is 555 g/mol. The quantitative estimate of drug-likeness (QED) is 0.297. The highest BCUT2D eigenvalue weighted by atomic mass is 79.9. The minimum Gasteiger partial charge on any atom is -0.464 e. The summed E-state index contributed by atoms with van der Waals surface area (Å²) in [5, 5.41) is 6.60. The fraction of sp³-hybridized carbons (Fsp3) is 0.429. The van der Waals surface area contributed by atoms with Crippen LogP contribution in [0.3, 0.4) is 0 Å². The van der Waals surface area contributed by atoms with E-state index in [1.165, 1.54) is 19.2 Å². The van der Waals surface area contributed by atoms with E-state index in [0.717, 1.165) is 37.0 Å². The van der Waals surface area contributed by atoms with Crippen molar-refractivity contribution in [3.05, 3.63) is 39.3 Å². The van der Waals surface area contributed by atoms with Crippen molar-refractivity contribution in [1.29, 1.82) is 0 Å². The minimum atomic E-state index is -3.34. The molecular formula is C21H22BrN3O6S2. The van der Waals surface area contributed by atoms with Crippen LogP contribution in [0.15, 0.2) is 38.1 Å². The number of nitrogens with one attached hydrogen (secondary N) is 1. The van der Waals surface area contributed by atoms with Gasteiger partial charge in [0.25, 0.3) is 5.91 Å². The van der Waals surface area contributed by atoms with E-state index in [1.807, 2.05) is 0 Å². The standard InChI is InChI=1S/C21H22BrN3O6S2/c1-30-20(27)17-18(22)32-21(23-17)24-19(26)16(25-31-13-4-2-3-5-13)12-6-8-14(9-7-12)33(28,29)15-10-11-15/h6-9,13,15H,2-5,10-11H2,1H3,(H,23,24,26)/b25-16+. The van der Waals surface area contributed by atoms with Crippen molar-refractivity contribution in [2.24, 2.45) is 5.16 Å². The Bertz CT molecular complexity index is 1180. The van der Waals surface area contributed by atoms with E-state index in [1.54, 1.807) is 12.1 Å². The van der Waals surface area contributed by atoms with Gasteiger partial charge in [0, 0.05) is 5.56 Å². The highest BCUT2D eigenvalue weighted by molar-refractivity contribution is 9.11. The second-order valence-electron chi connectivity index (χ2n) is 7.81. The Kier molecular flexibility index (Phi) is 7.15. The first-order chi connectivity index (χ1) is 15.8. The number of anilines is 1. The lowest BCUT2D eigenvalue weighted by atomic mass is 10.1. The number of nitrogens with zero attached hydrogens (tertiary/aromatic N) is 2. The highest BCUT2D eigenvalue weighted by Crippen LogP contribution is 2.33. The number of hydrogen-bond acceptors (Lipinski definition) is 9. The second-order valence-corrected chi connectivity index (χ2v) is 12.4. The van der Waals surface area contributed by atoms with E-state index < -0.39 is 21.7 Å². The molecule has 4 rings (SSSR count). The smallest absolute Gasteiger partial charge is 0.358 e. The van der Waals surface area contributed by atoms with E-state index in [0.29, 0.717) is 22.2 Å². The van der Waals surface area contributed by atoms with Crippen LogP contribution >= 0.6 is 27.3 Å². The summed E-state index contributed by atoms with van der Waals surface area (Å²) in [4.78, 5) is 34.8. The Morgan fingerprint density at radius 2 is 1.82 bits per heavy atom. The zero-order valence-corrected chi connectivity index (χ0v) is 21.0. The normalized spacial score (nSPS) is 17.1. The van der Waals surface area contributed by atoms with Crippen molar-refractivity contribution in [1.82, 2.24) is 4.98 Å². The molecule has 1 aromatic heterocycles. The van der Waals surface area contributed by atoms with Crippen LogP contribution in [0, 0.1) is 0 Å². The van der Waals surface area contributed by atoms with E-state index in [-0.39, 0.29) is 32.8 Å². The van der Waals surface area contributed by atoms with Crippen LogP contribution in [-0.2, 0) is 24.2 Å². The van der Waals surface area contributed by atoms with Crippen LogP contribution in [0.25, 0.3) is 0 Å². The van der Waals surface area contributed by atoms with Gasteiger partial charge in [-0.3, -0.25) is 10.1 Å². The van der Waals surface area contributed by atoms with Gasteiger partial charge < -0.3 is 9.57 Å². The van der Waals surface area contributed by atoms with Gasteiger partial charge in [0.15, 0.2) is 26.4 Å². The summed E-state index contributed by atoms with van der Waals surface area (Å²) >= 11 is 4.30. The molecule has 0 radical (unpaired) electrons. The first-order valence-electron chi connectivity index (χ1n) is 10.4. The molecule has 9 nitrogen and oxygen atoms in total.